The standard InChI is InChI=1S/C14H19ClN4/c1-9(2)16-8-12-7-13(15)5-6-14(12)19-11(4)17-10(3)18-19/h5-7,9,16H,8H2,1-4H3. The highest BCUT2D eigenvalue weighted by Gasteiger charge is 2.10. The highest BCUT2D eigenvalue weighted by atomic mass is 35.5. The molecule has 1 N–H and O–H groups in total. The smallest absolute Gasteiger partial charge is 0.148 e. The van der Waals surface area contributed by atoms with Crippen LogP contribution in [0.25, 0.3) is 5.69 Å². The Morgan fingerprint density at radius 2 is 2.05 bits per heavy atom. The normalized spacial score (nSPS) is 11.3. The Balaban J connectivity index is 2.41. The average Bonchev–Trinajstić information content (AvgIpc) is 2.66. The van der Waals surface area contributed by atoms with Gasteiger partial charge in [-0.15, -0.1) is 0 Å². The van der Waals surface area contributed by atoms with E-state index in [2.05, 4.69) is 29.2 Å². The molecule has 0 saturated heterocycles. The molecule has 0 amide bonds. The van der Waals surface area contributed by atoms with Gasteiger partial charge in [0.1, 0.15) is 11.6 Å². The second-order valence-electron chi connectivity index (χ2n) is 4.93. The zero-order valence-corrected chi connectivity index (χ0v) is 12.5. The van der Waals surface area contributed by atoms with Crippen molar-refractivity contribution in [2.45, 2.75) is 40.3 Å². The van der Waals surface area contributed by atoms with Gasteiger partial charge in [0, 0.05) is 17.6 Å². The van der Waals surface area contributed by atoms with Crippen molar-refractivity contribution in [2.75, 3.05) is 0 Å². The lowest BCUT2D eigenvalue weighted by molar-refractivity contribution is 0.586. The van der Waals surface area contributed by atoms with Crippen LogP contribution in [0.3, 0.4) is 0 Å². The number of aromatic nitrogens is 3. The first-order chi connectivity index (χ1) is 8.97. The molecule has 4 nitrogen and oxygen atoms in total. The molecule has 0 saturated carbocycles. The van der Waals surface area contributed by atoms with E-state index in [9.17, 15) is 0 Å². The fraction of sp³-hybridized carbons (Fsp3) is 0.429. The molecular formula is C14H19ClN4. The molecule has 0 radical (unpaired) electrons. The number of nitrogens with zero attached hydrogens (tertiary/aromatic N) is 3. The molecule has 0 bridgehead atoms. The zero-order valence-electron chi connectivity index (χ0n) is 11.7. The highest BCUT2D eigenvalue weighted by molar-refractivity contribution is 6.30. The lowest BCUT2D eigenvalue weighted by Crippen LogP contribution is -2.23. The summed E-state index contributed by atoms with van der Waals surface area (Å²) >= 11 is 6.09. The van der Waals surface area contributed by atoms with Gasteiger partial charge >= 0.3 is 0 Å². The van der Waals surface area contributed by atoms with Crippen molar-refractivity contribution in [3.63, 3.8) is 0 Å². The van der Waals surface area contributed by atoms with Gasteiger partial charge in [-0.05, 0) is 37.6 Å². The number of hydrogen-bond donors (Lipinski definition) is 1. The van der Waals surface area contributed by atoms with Gasteiger partial charge in [0.05, 0.1) is 5.69 Å². The van der Waals surface area contributed by atoms with Gasteiger partial charge in [0.25, 0.3) is 0 Å². The third-order valence-electron chi connectivity index (χ3n) is 2.85. The lowest BCUT2D eigenvalue weighted by atomic mass is 10.1. The topological polar surface area (TPSA) is 42.7 Å². The van der Waals surface area contributed by atoms with E-state index in [-0.39, 0.29) is 0 Å². The van der Waals surface area contributed by atoms with Gasteiger partial charge in [-0.25, -0.2) is 9.67 Å². The van der Waals surface area contributed by atoms with Gasteiger partial charge in [0.2, 0.25) is 0 Å². The van der Waals surface area contributed by atoms with Gasteiger partial charge in [-0.1, -0.05) is 25.4 Å². The molecule has 5 heteroatoms. The first-order valence-corrected chi connectivity index (χ1v) is 6.77. The van der Waals surface area contributed by atoms with Crippen LogP contribution in [0.4, 0.5) is 0 Å². The minimum Gasteiger partial charge on any atom is -0.310 e. The Bertz CT molecular complexity index is 575. The van der Waals surface area contributed by atoms with E-state index in [0.717, 1.165) is 34.5 Å². The highest BCUT2D eigenvalue weighted by Crippen LogP contribution is 2.20. The van der Waals surface area contributed by atoms with Gasteiger partial charge < -0.3 is 5.32 Å². The van der Waals surface area contributed by atoms with Crippen molar-refractivity contribution >= 4 is 11.6 Å². The van der Waals surface area contributed by atoms with Crippen LogP contribution in [-0.2, 0) is 6.54 Å². The number of aryl methyl sites for hydroxylation is 2. The molecule has 0 spiro atoms. The van der Waals surface area contributed by atoms with E-state index in [4.69, 9.17) is 11.6 Å². The summed E-state index contributed by atoms with van der Waals surface area (Å²) in [4.78, 5) is 4.34. The van der Waals surface area contributed by atoms with E-state index in [1.807, 2.05) is 36.7 Å². The summed E-state index contributed by atoms with van der Waals surface area (Å²) in [5, 5.41) is 8.57. The van der Waals surface area contributed by atoms with Crippen LogP contribution in [-0.4, -0.2) is 20.8 Å². The second kappa shape index (κ2) is 5.72. The molecule has 1 heterocycles. The summed E-state index contributed by atoms with van der Waals surface area (Å²) in [5.41, 5.74) is 2.14. The van der Waals surface area contributed by atoms with Crippen LogP contribution in [0, 0.1) is 13.8 Å². The molecule has 2 aromatic rings. The summed E-state index contributed by atoms with van der Waals surface area (Å²) in [6.45, 7) is 8.84. The van der Waals surface area contributed by atoms with E-state index >= 15 is 0 Å². The van der Waals surface area contributed by atoms with Crippen LogP contribution >= 0.6 is 11.6 Å². The molecule has 102 valence electrons. The molecule has 1 aromatic carbocycles. The Labute approximate surface area is 118 Å². The maximum Gasteiger partial charge on any atom is 0.148 e. The SMILES string of the molecule is Cc1nc(C)n(-c2ccc(Cl)cc2CNC(C)C)n1. The third kappa shape index (κ3) is 3.33. The van der Waals surface area contributed by atoms with Crippen LogP contribution in [0.5, 0.6) is 0 Å². The van der Waals surface area contributed by atoms with Gasteiger partial charge in [0.15, 0.2) is 0 Å². The van der Waals surface area contributed by atoms with Crippen LogP contribution in [0.2, 0.25) is 5.02 Å². The lowest BCUT2D eigenvalue weighted by Gasteiger charge is -2.13. The second-order valence-corrected chi connectivity index (χ2v) is 5.36. The molecule has 19 heavy (non-hydrogen) atoms. The number of benzene rings is 1. The fourth-order valence-electron chi connectivity index (χ4n) is 1.97. The van der Waals surface area contributed by atoms with E-state index in [1.54, 1.807) is 0 Å². The minimum absolute atomic E-state index is 0.422. The predicted molar refractivity (Wildman–Crippen MR) is 77.8 cm³/mol. The Hall–Kier alpha value is -1.39. The maximum atomic E-state index is 6.09. The minimum atomic E-state index is 0.422. The first kappa shape index (κ1) is 14.0. The Kier molecular flexibility index (Phi) is 4.22. The Morgan fingerprint density at radius 1 is 1.32 bits per heavy atom. The summed E-state index contributed by atoms with van der Waals surface area (Å²) < 4.78 is 1.86. The number of nitrogens with one attached hydrogen (secondary N) is 1. The fourth-order valence-corrected chi connectivity index (χ4v) is 2.16. The van der Waals surface area contributed by atoms with Crippen molar-refractivity contribution in [3.05, 3.63) is 40.4 Å². The summed E-state index contributed by atoms with van der Waals surface area (Å²) in [6.07, 6.45) is 0. The van der Waals surface area contributed by atoms with Crippen molar-refractivity contribution in [1.82, 2.24) is 20.1 Å². The molecule has 0 fully saturated rings. The molecule has 0 aliphatic heterocycles. The summed E-state index contributed by atoms with van der Waals surface area (Å²) in [7, 11) is 0. The molecule has 2 rings (SSSR count). The van der Waals surface area contributed by atoms with E-state index in [1.165, 1.54) is 0 Å². The Morgan fingerprint density at radius 3 is 2.63 bits per heavy atom. The molecular weight excluding hydrogens is 260 g/mol. The van der Waals surface area contributed by atoms with E-state index < -0.39 is 0 Å². The summed E-state index contributed by atoms with van der Waals surface area (Å²) in [6, 6.07) is 6.26. The van der Waals surface area contributed by atoms with Crippen LogP contribution < -0.4 is 5.32 Å². The quantitative estimate of drug-likeness (QED) is 0.935. The van der Waals surface area contributed by atoms with Crippen LogP contribution in [0.15, 0.2) is 18.2 Å². The largest absolute Gasteiger partial charge is 0.310 e. The number of halogens is 1. The van der Waals surface area contributed by atoms with Crippen molar-refractivity contribution in [3.8, 4) is 5.69 Å². The third-order valence-corrected chi connectivity index (χ3v) is 3.08. The molecule has 1 aromatic heterocycles. The van der Waals surface area contributed by atoms with Crippen LogP contribution in [0.1, 0.15) is 31.1 Å². The van der Waals surface area contributed by atoms with Crippen molar-refractivity contribution in [2.24, 2.45) is 0 Å². The number of hydrogen-bond acceptors (Lipinski definition) is 3. The number of rotatable bonds is 4. The molecule has 0 aliphatic carbocycles. The molecule has 0 unspecified atom stereocenters. The molecule has 0 atom stereocenters. The predicted octanol–water partition coefficient (Wildman–Crippen LogP) is 3.04. The van der Waals surface area contributed by atoms with Crippen molar-refractivity contribution < 1.29 is 0 Å². The average molecular weight is 279 g/mol. The summed E-state index contributed by atoms with van der Waals surface area (Å²) in [5.74, 6) is 1.65. The molecule has 0 aliphatic rings. The van der Waals surface area contributed by atoms with E-state index in [0.29, 0.717) is 6.04 Å². The van der Waals surface area contributed by atoms with Crippen molar-refractivity contribution in [1.29, 1.82) is 0 Å². The monoisotopic (exact) mass is 278 g/mol. The zero-order chi connectivity index (χ0) is 14.0. The van der Waals surface area contributed by atoms with Gasteiger partial charge in [-0.3, -0.25) is 0 Å². The first-order valence-electron chi connectivity index (χ1n) is 6.40. The van der Waals surface area contributed by atoms with Gasteiger partial charge in [-0.2, -0.15) is 5.10 Å². The maximum absolute atomic E-state index is 6.09.